The fourth-order valence-corrected chi connectivity index (χ4v) is 2.58. The lowest BCUT2D eigenvalue weighted by Gasteiger charge is -2.37. The quantitative estimate of drug-likeness (QED) is 0.652. The first-order valence-electron chi connectivity index (χ1n) is 6.64. The van der Waals surface area contributed by atoms with Gasteiger partial charge in [-0.15, -0.1) is 0 Å². The molecule has 0 radical (unpaired) electrons. The normalized spacial score (nSPS) is 23.2. The Morgan fingerprint density at radius 1 is 1.29 bits per heavy atom. The Morgan fingerprint density at radius 2 is 1.86 bits per heavy atom. The van der Waals surface area contributed by atoms with Crippen LogP contribution in [0.2, 0.25) is 0 Å². The fourth-order valence-electron chi connectivity index (χ4n) is 2.58. The molecule has 0 aromatic heterocycles. The van der Waals surface area contributed by atoms with Gasteiger partial charge in [0, 0.05) is 24.3 Å². The lowest BCUT2D eigenvalue weighted by atomic mass is 10.0. The number of nitrogens with two attached hydrogens (primary N) is 1. The number of ether oxygens (including phenoxy) is 1. The van der Waals surface area contributed by atoms with Gasteiger partial charge in [0.25, 0.3) is 0 Å². The maximum atomic E-state index is 12.8. The van der Waals surface area contributed by atoms with Gasteiger partial charge in [-0.1, -0.05) is 0 Å². The molecule has 1 heterocycles. The number of nitrogens with one attached hydrogen (secondary N) is 1. The first-order chi connectivity index (χ1) is 9.68. The molecule has 0 amide bonds. The zero-order valence-electron chi connectivity index (χ0n) is 11.9. The summed E-state index contributed by atoms with van der Waals surface area (Å²) in [5, 5.41) is 7.55. The molecule has 2 rings (SSSR count). The SMILES string of the molecule is CC1CN(c2ccc(C(F)(F)F)cc2C(=N)N)CC(C)O1. The van der Waals surface area contributed by atoms with Gasteiger partial charge in [0.1, 0.15) is 5.84 Å². The molecule has 2 unspecified atom stereocenters. The van der Waals surface area contributed by atoms with Gasteiger partial charge in [0.05, 0.1) is 17.8 Å². The molecule has 0 bridgehead atoms. The smallest absolute Gasteiger partial charge is 0.384 e. The van der Waals surface area contributed by atoms with Crippen molar-refractivity contribution in [2.45, 2.75) is 32.2 Å². The molecule has 7 heteroatoms. The van der Waals surface area contributed by atoms with E-state index in [9.17, 15) is 13.2 Å². The number of morpholine rings is 1. The van der Waals surface area contributed by atoms with Crippen LogP contribution in [0.1, 0.15) is 25.0 Å². The fraction of sp³-hybridized carbons (Fsp3) is 0.500. The van der Waals surface area contributed by atoms with Crippen LogP contribution >= 0.6 is 0 Å². The summed E-state index contributed by atoms with van der Waals surface area (Å²) < 4.78 is 44.0. The Labute approximate surface area is 121 Å². The van der Waals surface area contributed by atoms with E-state index in [1.807, 2.05) is 18.7 Å². The third-order valence-corrected chi connectivity index (χ3v) is 3.37. The first-order valence-corrected chi connectivity index (χ1v) is 6.64. The van der Waals surface area contributed by atoms with Crippen LogP contribution in [0, 0.1) is 5.41 Å². The number of halogens is 3. The molecule has 3 N–H and O–H groups in total. The first kappa shape index (κ1) is 15.6. The van der Waals surface area contributed by atoms with Gasteiger partial charge < -0.3 is 15.4 Å². The molecule has 1 aromatic rings. The summed E-state index contributed by atoms with van der Waals surface area (Å²) in [6.45, 7) is 4.91. The molecule has 116 valence electrons. The van der Waals surface area contributed by atoms with Crippen molar-refractivity contribution in [2.24, 2.45) is 5.73 Å². The highest BCUT2D eigenvalue weighted by Crippen LogP contribution is 2.33. The lowest BCUT2D eigenvalue weighted by Crippen LogP contribution is -2.46. The third-order valence-electron chi connectivity index (χ3n) is 3.37. The standard InChI is InChI=1S/C14H18F3N3O/c1-8-6-20(7-9(2)21-8)12-4-3-10(14(15,16)17)5-11(12)13(18)19/h3-5,8-9H,6-7H2,1-2H3,(H3,18,19). The zero-order chi connectivity index (χ0) is 15.8. The number of nitrogen functional groups attached to an aromatic ring is 1. The van der Waals surface area contributed by atoms with E-state index < -0.39 is 11.7 Å². The van der Waals surface area contributed by atoms with Gasteiger partial charge in [-0.25, -0.2) is 0 Å². The largest absolute Gasteiger partial charge is 0.416 e. The molecule has 1 fully saturated rings. The predicted molar refractivity (Wildman–Crippen MR) is 74.7 cm³/mol. The molecular formula is C14H18F3N3O. The lowest BCUT2D eigenvalue weighted by molar-refractivity contribution is -0.137. The molecule has 0 aliphatic carbocycles. The second-order valence-electron chi connectivity index (χ2n) is 5.31. The molecule has 4 nitrogen and oxygen atoms in total. The Kier molecular flexibility index (Phi) is 4.13. The van der Waals surface area contributed by atoms with Crippen LogP contribution in [0.25, 0.3) is 0 Å². The Balaban J connectivity index is 2.41. The van der Waals surface area contributed by atoms with Crippen molar-refractivity contribution in [3.05, 3.63) is 29.3 Å². The molecule has 1 aromatic carbocycles. The second-order valence-corrected chi connectivity index (χ2v) is 5.31. The minimum absolute atomic E-state index is 0.0316. The number of rotatable bonds is 2. The summed E-state index contributed by atoms with van der Waals surface area (Å²) in [6, 6.07) is 3.33. The molecule has 0 saturated carbocycles. The molecule has 1 aliphatic rings. The van der Waals surface area contributed by atoms with Crippen molar-refractivity contribution >= 4 is 11.5 Å². The van der Waals surface area contributed by atoms with Crippen molar-refractivity contribution in [1.29, 1.82) is 5.41 Å². The summed E-state index contributed by atoms with van der Waals surface area (Å²) >= 11 is 0. The minimum atomic E-state index is -4.45. The van der Waals surface area contributed by atoms with Crippen LogP contribution in [-0.2, 0) is 10.9 Å². The summed E-state index contributed by atoms with van der Waals surface area (Å²) in [5.41, 5.74) is 5.30. The van der Waals surface area contributed by atoms with Crippen molar-refractivity contribution in [2.75, 3.05) is 18.0 Å². The topological polar surface area (TPSA) is 62.3 Å². The van der Waals surface area contributed by atoms with Gasteiger partial charge in [0.2, 0.25) is 0 Å². The average Bonchev–Trinajstić information content (AvgIpc) is 2.35. The summed E-state index contributed by atoms with van der Waals surface area (Å²) in [4.78, 5) is 1.91. The highest BCUT2D eigenvalue weighted by Gasteiger charge is 2.32. The van der Waals surface area contributed by atoms with E-state index in [2.05, 4.69) is 0 Å². The number of hydrogen-bond donors (Lipinski definition) is 2. The second kappa shape index (κ2) is 5.55. The van der Waals surface area contributed by atoms with E-state index in [0.29, 0.717) is 18.8 Å². The summed E-state index contributed by atoms with van der Waals surface area (Å²) in [7, 11) is 0. The van der Waals surface area contributed by atoms with Crippen molar-refractivity contribution in [1.82, 2.24) is 0 Å². The van der Waals surface area contributed by atoms with E-state index in [4.69, 9.17) is 15.9 Å². The molecule has 21 heavy (non-hydrogen) atoms. The highest BCUT2D eigenvalue weighted by atomic mass is 19.4. The molecule has 0 spiro atoms. The monoisotopic (exact) mass is 301 g/mol. The van der Waals surface area contributed by atoms with Crippen LogP contribution in [-0.4, -0.2) is 31.1 Å². The summed E-state index contributed by atoms with van der Waals surface area (Å²) in [6.07, 6.45) is -4.51. The number of hydrogen-bond acceptors (Lipinski definition) is 3. The van der Waals surface area contributed by atoms with Crippen LogP contribution in [0.5, 0.6) is 0 Å². The Morgan fingerprint density at radius 3 is 2.33 bits per heavy atom. The molecule has 2 atom stereocenters. The van der Waals surface area contributed by atoms with Gasteiger partial charge in [0.15, 0.2) is 0 Å². The van der Waals surface area contributed by atoms with Crippen molar-refractivity contribution < 1.29 is 17.9 Å². The third kappa shape index (κ3) is 3.47. The van der Waals surface area contributed by atoms with Crippen LogP contribution in [0.3, 0.4) is 0 Å². The highest BCUT2D eigenvalue weighted by molar-refractivity contribution is 6.00. The van der Waals surface area contributed by atoms with E-state index in [-0.39, 0.29) is 23.6 Å². The van der Waals surface area contributed by atoms with Crippen molar-refractivity contribution in [3.8, 4) is 0 Å². The molecular weight excluding hydrogens is 283 g/mol. The zero-order valence-corrected chi connectivity index (χ0v) is 11.9. The van der Waals surface area contributed by atoms with E-state index in [1.54, 1.807) is 0 Å². The van der Waals surface area contributed by atoms with Crippen LogP contribution < -0.4 is 10.6 Å². The van der Waals surface area contributed by atoms with Gasteiger partial charge in [-0.3, -0.25) is 5.41 Å². The number of amidine groups is 1. The van der Waals surface area contributed by atoms with Gasteiger partial charge >= 0.3 is 6.18 Å². The average molecular weight is 301 g/mol. The van der Waals surface area contributed by atoms with Crippen molar-refractivity contribution in [3.63, 3.8) is 0 Å². The maximum Gasteiger partial charge on any atom is 0.416 e. The number of anilines is 1. The van der Waals surface area contributed by atoms with Crippen LogP contribution in [0.15, 0.2) is 18.2 Å². The maximum absolute atomic E-state index is 12.8. The molecule has 1 saturated heterocycles. The summed E-state index contributed by atoms with van der Waals surface area (Å²) in [5.74, 6) is -0.372. The number of nitrogens with zero attached hydrogens (tertiary/aromatic N) is 1. The van der Waals surface area contributed by atoms with E-state index in [1.165, 1.54) is 6.07 Å². The molecule has 1 aliphatic heterocycles. The number of alkyl halides is 3. The van der Waals surface area contributed by atoms with E-state index >= 15 is 0 Å². The predicted octanol–water partition coefficient (Wildman–Crippen LogP) is 2.60. The number of benzene rings is 1. The minimum Gasteiger partial charge on any atom is -0.384 e. The van der Waals surface area contributed by atoms with Gasteiger partial charge in [-0.05, 0) is 32.0 Å². The van der Waals surface area contributed by atoms with Gasteiger partial charge in [-0.2, -0.15) is 13.2 Å². The van der Waals surface area contributed by atoms with E-state index in [0.717, 1.165) is 12.1 Å². The Bertz CT molecular complexity index is 535. The Hall–Kier alpha value is -1.76. The van der Waals surface area contributed by atoms with Crippen LogP contribution in [0.4, 0.5) is 18.9 Å².